The molecule has 0 aromatic carbocycles. The van der Waals surface area contributed by atoms with Crippen LogP contribution >= 0.6 is 0 Å². The van der Waals surface area contributed by atoms with Gasteiger partial charge in [-0.1, -0.05) is 17.7 Å². The van der Waals surface area contributed by atoms with Gasteiger partial charge >= 0.3 is 5.76 Å². The van der Waals surface area contributed by atoms with Gasteiger partial charge in [-0.3, -0.25) is 4.84 Å². The third-order valence-electron chi connectivity index (χ3n) is 1.87. The van der Waals surface area contributed by atoms with Crippen molar-refractivity contribution in [3.05, 3.63) is 0 Å². The molecule has 1 fully saturated rings. The van der Waals surface area contributed by atoms with Crippen molar-refractivity contribution in [1.29, 1.82) is 0 Å². The van der Waals surface area contributed by atoms with Crippen LogP contribution in [0.1, 0.15) is 25.7 Å². The molecule has 0 amide bonds. The first-order chi connectivity index (χ1) is 6.02. The van der Waals surface area contributed by atoms with Crippen LogP contribution in [0, 0.1) is 0 Å². The number of rotatable bonds is 4. The standard InChI is InChI=1S/C6H11F2NO3S/c7-6(8)13(10,11)9-12-5-3-1-2-4-5/h5-6,9H,1-4H2. The maximum Gasteiger partial charge on any atom is 0.352 e. The second-order valence-electron chi connectivity index (χ2n) is 2.91. The largest absolute Gasteiger partial charge is 0.352 e. The minimum Gasteiger partial charge on any atom is -0.284 e. The Morgan fingerprint density at radius 1 is 1.31 bits per heavy atom. The van der Waals surface area contributed by atoms with E-state index < -0.39 is 15.8 Å². The topological polar surface area (TPSA) is 55.4 Å². The van der Waals surface area contributed by atoms with Gasteiger partial charge in [0, 0.05) is 0 Å². The fourth-order valence-corrected chi connectivity index (χ4v) is 1.52. The Bertz CT molecular complexity index is 249. The molecule has 0 spiro atoms. The Kier molecular flexibility index (Phi) is 3.57. The van der Waals surface area contributed by atoms with Crippen LogP contribution in [0.4, 0.5) is 8.78 Å². The van der Waals surface area contributed by atoms with Gasteiger partial charge in [-0.05, 0) is 12.8 Å². The van der Waals surface area contributed by atoms with E-state index >= 15 is 0 Å². The van der Waals surface area contributed by atoms with E-state index in [9.17, 15) is 17.2 Å². The van der Waals surface area contributed by atoms with Crippen LogP contribution in [-0.2, 0) is 14.9 Å². The average molecular weight is 215 g/mol. The fraction of sp³-hybridized carbons (Fsp3) is 1.00. The molecule has 0 bridgehead atoms. The zero-order chi connectivity index (χ0) is 9.90. The zero-order valence-electron chi connectivity index (χ0n) is 6.87. The van der Waals surface area contributed by atoms with Crippen LogP contribution in [0.5, 0.6) is 0 Å². The van der Waals surface area contributed by atoms with Crippen LogP contribution in [0.2, 0.25) is 0 Å². The predicted octanol–water partition coefficient (Wildman–Crippen LogP) is 1.00. The van der Waals surface area contributed by atoms with Crippen LogP contribution < -0.4 is 4.89 Å². The number of hydrogen-bond acceptors (Lipinski definition) is 3. The van der Waals surface area contributed by atoms with E-state index in [0.29, 0.717) is 12.8 Å². The van der Waals surface area contributed by atoms with Gasteiger partial charge in [0.1, 0.15) is 0 Å². The Balaban J connectivity index is 2.33. The molecule has 1 N–H and O–H groups in total. The number of hydrogen-bond donors (Lipinski definition) is 1. The molecule has 1 saturated carbocycles. The number of nitrogens with one attached hydrogen (secondary N) is 1. The Morgan fingerprint density at radius 2 is 1.85 bits per heavy atom. The highest BCUT2D eigenvalue weighted by Crippen LogP contribution is 2.20. The second-order valence-corrected chi connectivity index (χ2v) is 4.53. The first-order valence-electron chi connectivity index (χ1n) is 3.97. The van der Waals surface area contributed by atoms with E-state index in [1.54, 1.807) is 0 Å². The van der Waals surface area contributed by atoms with Crippen LogP contribution in [0.3, 0.4) is 0 Å². The molecule has 7 heteroatoms. The maximum absolute atomic E-state index is 11.8. The monoisotopic (exact) mass is 215 g/mol. The molecule has 1 aliphatic rings. The van der Waals surface area contributed by atoms with E-state index in [1.165, 1.54) is 4.89 Å². The van der Waals surface area contributed by atoms with Gasteiger partial charge in [0.2, 0.25) is 0 Å². The summed E-state index contributed by atoms with van der Waals surface area (Å²) in [6, 6.07) is 0. The lowest BCUT2D eigenvalue weighted by Crippen LogP contribution is -2.32. The van der Waals surface area contributed by atoms with Gasteiger partial charge in [0.25, 0.3) is 10.0 Å². The van der Waals surface area contributed by atoms with E-state index in [-0.39, 0.29) is 6.10 Å². The molecule has 13 heavy (non-hydrogen) atoms. The molecular weight excluding hydrogens is 204 g/mol. The second kappa shape index (κ2) is 4.30. The SMILES string of the molecule is O=S(=O)(NOC1CCCC1)C(F)F. The van der Waals surface area contributed by atoms with Gasteiger partial charge in [0.05, 0.1) is 6.10 Å². The van der Waals surface area contributed by atoms with Crippen molar-refractivity contribution in [2.24, 2.45) is 0 Å². The summed E-state index contributed by atoms with van der Waals surface area (Å²) in [6.45, 7) is 0. The maximum atomic E-state index is 11.8. The van der Waals surface area contributed by atoms with Crippen molar-refractivity contribution in [2.75, 3.05) is 0 Å². The Labute approximate surface area is 75.3 Å². The van der Waals surface area contributed by atoms with Gasteiger partial charge < -0.3 is 0 Å². The summed E-state index contributed by atoms with van der Waals surface area (Å²) in [5.41, 5.74) is 0. The van der Waals surface area contributed by atoms with Gasteiger partial charge in [-0.25, -0.2) is 8.42 Å². The van der Waals surface area contributed by atoms with Crippen LogP contribution in [0.25, 0.3) is 0 Å². The molecule has 78 valence electrons. The van der Waals surface area contributed by atoms with Crippen LogP contribution in [0.15, 0.2) is 0 Å². The lowest BCUT2D eigenvalue weighted by atomic mass is 10.3. The van der Waals surface area contributed by atoms with Crippen molar-refractivity contribution >= 4 is 10.0 Å². The summed E-state index contributed by atoms with van der Waals surface area (Å²) in [6.07, 6.45) is 3.06. The minimum absolute atomic E-state index is 0.256. The summed E-state index contributed by atoms with van der Waals surface area (Å²) in [7, 11) is -4.59. The highest BCUT2D eigenvalue weighted by molar-refractivity contribution is 7.89. The summed E-state index contributed by atoms with van der Waals surface area (Å²) in [5, 5.41) is 0. The first kappa shape index (κ1) is 10.8. The average Bonchev–Trinajstić information content (AvgIpc) is 2.52. The highest BCUT2D eigenvalue weighted by atomic mass is 32.2. The summed E-state index contributed by atoms with van der Waals surface area (Å²) >= 11 is 0. The third kappa shape index (κ3) is 3.17. The Hall–Kier alpha value is -0.270. The highest BCUT2D eigenvalue weighted by Gasteiger charge is 2.26. The Morgan fingerprint density at radius 3 is 2.31 bits per heavy atom. The number of alkyl halides is 2. The predicted molar refractivity (Wildman–Crippen MR) is 41.4 cm³/mol. The number of sulfonamides is 1. The molecular formula is C6H11F2NO3S. The number of halogens is 2. The van der Waals surface area contributed by atoms with Gasteiger partial charge in [-0.15, -0.1) is 0 Å². The molecule has 0 aliphatic heterocycles. The quantitative estimate of drug-likeness (QED) is 0.712. The molecule has 1 rings (SSSR count). The van der Waals surface area contributed by atoms with Gasteiger partial charge in [0.15, 0.2) is 0 Å². The lowest BCUT2D eigenvalue weighted by molar-refractivity contribution is 0.0186. The molecule has 4 nitrogen and oxygen atoms in total. The van der Waals surface area contributed by atoms with Crippen molar-refractivity contribution in [3.8, 4) is 0 Å². The molecule has 0 unspecified atom stereocenters. The molecule has 0 aromatic heterocycles. The minimum atomic E-state index is -4.59. The third-order valence-corrected chi connectivity index (χ3v) is 2.67. The van der Waals surface area contributed by atoms with E-state index in [2.05, 4.69) is 4.84 Å². The summed E-state index contributed by atoms with van der Waals surface area (Å²) in [4.78, 5) is 6.03. The smallest absolute Gasteiger partial charge is 0.284 e. The molecule has 0 aromatic rings. The van der Waals surface area contributed by atoms with Gasteiger partial charge in [-0.2, -0.15) is 8.78 Å². The summed E-state index contributed by atoms with van der Waals surface area (Å²) in [5.74, 6) is -3.44. The van der Waals surface area contributed by atoms with Crippen molar-refractivity contribution in [3.63, 3.8) is 0 Å². The van der Waals surface area contributed by atoms with E-state index in [4.69, 9.17) is 0 Å². The lowest BCUT2D eigenvalue weighted by Gasteiger charge is -2.10. The molecule has 0 atom stereocenters. The normalized spacial score (nSPS) is 19.9. The van der Waals surface area contributed by atoms with Crippen molar-refractivity contribution < 1.29 is 22.0 Å². The van der Waals surface area contributed by atoms with Crippen LogP contribution in [-0.4, -0.2) is 20.3 Å². The van der Waals surface area contributed by atoms with Crippen molar-refractivity contribution in [2.45, 2.75) is 37.5 Å². The fourth-order valence-electron chi connectivity index (χ4n) is 1.18. The summed E-state index contributed by atoms with van der Waals surface area (Å²) < 4.78 is 44.5. The molecule has 0 heterocycles. The van der Waals surface area contributed by atoms with E-state index in [1.807, 2.05) is 0 Å². The molecule has 1 aliphatic carbocycles. The zero-order valence-corrected chi connectivity index (χ0v) is 7.69. The molecule has 0 saturated heterocycles. The van der Waals surface area contributed by atoms with E-state index in [0.717, 1.165) is 12.8 Å². The molecule has 0 radical (unpaired) electrons. The van der Waals surface area contributed by atoms with Crippen molar-refractivity contribution in [1.82, 2.24) is 4.89 Å². The first-order valence-corrected chi connectivity index (χ1v) is 5.51.